The molecule has 2 aliphatic rings. The van der Waals surface area contributed by atoms with Gasteiger partial charge in [-0.1, -0.05) is 24.3 Å². The summed E-state index contributed by atoms with van der Waals surface area (Å²) in [6.07, 6.45) is 7.36. The molecule has 30 heavy (non-hydrogen) atoms. The van der Waals surface area contributed by atoms with Gasteiger partial charge >= 0.3 is 0 Å². The van der Waals surface area contributed by atoms with Gasteiger partial charge < -0.3 is 14.5 Å². The molecule has 4 aromatic rings. The summed E-state index contributed by atoms with van der Waals surface area (Å²) in [6.45, 7) is 3.38. The maximum absolute atomic E-state index is 6.37. The number of aromatic nitrogens is 2. The Morgan fingerprint density at radius 2 is 2.00 bits per heavy atom. The van der Waals surface area contributed by atoms with E-state index in [-0.39, 0.29) is 6.10 Å². The standard InChI is InChI=1S/C25H23N3O2/c1-2-6-22-19(4-1)21(14-27-22)17-9-12-28(13-10-17)15-18-16-29-24-8-7-23-20(25(24)30-18)5-3-11-26-23/h1-9,11,14,18,27H,10,12-13,15-16H2. The monoisotopic (exact) mass is 397 g/mol. The summed E-state index contributed by atoms with van der Waals surface area (Å²) in [5, 5.41) is 2.32. The van der Waals surface area contributed by atoms with Gasteiger partial charge in [0.2, 0.25) is 0 Å². The molecular weight excluding hydrogens is 374 g/mol. The molecule has 0 radical (unpaired) electrons. The number of nitrogens with one attached hydrogen (secondary N) is 1. The quantitative estimate of drug-likeness (QED) is 0.547. The SMILES string of the molecule is C1=C(c2c[nH]c3ccccc23)CCN(CC2COc3ccc4ncccc4c3O2)C1. The van der Waals surface area contributed by atoms with Crippen LogP contribution in [0.5, 0.6) is 11.5 Å². The summed E-state index contributed by atoms with van der Waals surface area (Å²) in [5.74, 6) is 1.63. The third-order valence-electron chi connectivity index (χ3n) is 6.10. The van der Waals surface area contributed by atoms with E-state index in [1.54, 1.807) is 6.20 Å². The molecule has 0 spiro atoms. The molecule has 2 aromatic heterocycles. The van der Waals surface area contributed by atoms with Crippen molar-refractivity contribution in [3.63, 3.8) is 0 Å². The minimum atomic E-state index is 0.0198. The van der Waals surface area contributed by atoms with Crippen molar-refractivity contribution < 1.29 is 9.47 Å². The van der Waals surface area contributed by atoms with Crippen molar-refractivity contribution in [3.8, 4) is 11.5 Å². The molecule has 0 amide bonds. The normalized spacial score (nSPS) is 19.2. The van der Waals surface area contributed by atoms with Gasteiger partial charge in [0.05, 0.1) is 5.52 Å². The number of hydrogen-bond acceptors (Lipinski definition) is 4. The Hall–Kier alpha value is -3.31. The molecule has 6 rings (SSSR count). The van der Waals surface area contributed by atoms with Crippen LogP contribution in [0.15, 0.2) is 67.0 Å². The third-order valence-corrected chi connectivity index (χ3v) is 6.10. The summed E-state index contributed by atoms with van der Waals surface area (Å²) in [7, 11) is 0. The maximum Gasteiger partial charge on any atom is 0.171 e. The first-order chi connectivity index (χ1) is 14.8. The lowest BCUT2D eigenvalue weighted by atomic mass is 9.99. The first-order valence-electron chi connectivity index (χ1n) is 10.5. The number of nitrogens with zero attached hydrogens (tertiary/aromatic N) is 2. The zero-order chi connectivity index (χ0) is 19.9. The molecule has 2 aromatic carbocycles. The van der Waals surface area contributed by atoms with E-state index in [2.05, 4.69) is 51.4 Å². The number of benzene rings is 2. The van der Waals surface area contributed by atoms with Gasteiger partial charge in [-0.05, 0) is 42.3 Å². The highest BCUT2D eigenvalue weighted by molar-refractivity contribution is 5.92. The first kappa shape index (κ1) is 17.5. The largest absolute Gasteiger partial charge is 0.486 e. The molecular formula is C25H23N3O2. The zero-order valence-electron chi connectivity index (χ0n) is 16.7. The molecule has 4 heterocycles. The Morgan fingerprint density at radius 1 is 1.07 bits per heavy atom. The van der Waals surface area contributed by atoms with E-state index in [0.717, 1.165) is 48.5 Å². The Labute approximate surface area is 174 Å². The van der Waals surface area contributed by atoms with Gasteiger partial charge in [0.15, 0.2) is 11.5 Å². The van der Waals surface area contributed by atoms with E-state index in [4.69, 9.17) is 9.47 Å². The van der Waals surface area contributed by atoms with Gasteiger partial charge in [0.1, 0.15) is 12.7 Å². The summed E-state index contributed by atoms with van der Waals surface area (Å²) in [5.41, 5.74) is 4.89. The summed E-state index contributed by atoms with van der Waals surface area (Å²) in [4.78, 5) is 10.3. The lowest BCUT2D eigenvalue weighted by Gasteiger charge is -2.33. The zero-order valence-corrected chi connectivity index (χ0v) is 16.7. The molecule has 1 atom stereocenters. The summed E-state index contributed by atoms with van der Waals surface area (Å²) in [6, 6.07) is 16.4. The molecule has 150 valence electrons. The average Bonchev–Trinajstić information content (AvgIpc) is 3.24. The number of H-pyrrole nitrogens is 1. The Bertz CT molecular complexity index is 1260. The fraction of sp³-hybridized carbons (Fsp3) is 0.240. The number of aromatic amines is 1. The van der Waals surface area contributed by atoms with Crippen molar-refractivity contribution in [2.24, 2.45) is 0 Å². The molecule has 1 N–H and O–H groups in total. The molecule has 1 unspecified atom stereocenters. The van der Waals surface area contributed by atoms with E-state index in [1.165, 1.54) is 22.0 Å². The van der Waals surface area contributed by atoms with Crippen LogP contribution in [0.3, 0.4) is 0 Å². The Kier molecular flexibility index (Phi) is 4.20. The molecule has 0 fully saturated rings. The fourth-order valence-electron chi connectivity index (χ4n) is 4.56. The predicted molar refractivity (Wildman–Crippen MR) is 119 cm³/mol. The van der Waals surface area contributed by atoms with Crippen molar-refractivity contribution >= 4 is 27.4 Å². The van der Waals surface area contributed by atoms with Crippen molar-refractivity contribution in [3.05, 3.63) is 72.6 Å². The van der Waals surface area contributed by atoms with Crippen LogP contribution in [0.4, 0.5) is 0 Å². The van der Waals surface area contributed by atoms with Gasteiger partial charge in [0, 0.05) is 53.9 Å². The van der Waals surface area contributed by atoms with Crippen molar-refractivity contribution in [1.82, 2.24) is 14.9 Å². The van der Waals surface area contributed by atoms with Crippen LogP contribution in [0, 0.1) is 0 Å². The lowest BCUT2D eigenvalue weighted by Crippen LogP contribution is -2.42. The van der Waals surface area contributed by atoms with Crippen LogP contribution in [0.25, 0.3) is 27.4 Å². The van der Waals surface area contributed by atoms with E-state index in [0.29, 0.717) is 6.61 Å². The molecule has 2 aliphatic heterocycles. The summed E-state index contributed by atoms with van der Waals surface area (Å²) < 4.78 is 12.4. The van der Waals surface area contributed by atoms with Gasteiger partial charge in [-0.3, -0.25) is 9.88 Å². The van der Waals surface area contributed by atoms with Crippen molar-refractivity contribution in [2.45, 2.75) is 12.5 Å². The van der Waals surface area contributed by atoms with Crippen LogP contribution < -0.4 is 9.47 Å². The first-order valence-corrected chi connectivity index (χ1v) is 10.5. The van der Waals surface area contributed by atoms with Crippen molar-refractivity contribution in [2.75, 3.05) is 26.2 Å². The van der Waals surface area contributed by atoms with E-state index >= 15 is 0 Å². The number of rotatable bonds is 3. The van der Waals surface area contributed by atoms with Crippen molar-refractivity contribution in [1.29, 1.82) is 0 Å². The maximum atomic E-state index is 6.37. The molecule has 0 aliphatic carbocycles. The summed E-state index contributed by atoms with van der Waals surface area (Å²) >= 11 is 0. The number of ether oxygens (including phenoxy) is 2. The van der Waals surface area contributed by atoms with Crippen LogP contribution in [0.1, 0.15) is 12.0 Å². The molecule has 0 saturated carbocycles. The molecule has 0 saturated heterocycles. The van der Waals surface area contributed by atoms with Crippen LogP contribution in [-0.4, -0.2) is 47.2 Å². The van der Waals surface area contributed by atoms with Crippen LogP contribution in [-0.2, 0) is 0 Å². The number of pyridine rings is 1. The Morgan fingerprint density at radius 3 is 2.93 bits per heavy atom. The van der Waals surface area contributed by atoms with Crippen LogP contribution in [0.2, 0.25) is 0 Å². The molecule has 5 nitrogen and oxygen atoms in total. The van der Waals surface area contributed by atoms with Gasteiger partial charge in [-0.15, -0.1) is 0 Å². The second-order valence-corrected chi connectivity index (χ2v) is 8.00. The average molecular weight is 397 g/mol. The highest BCUT2D eigenvalue weighted by Crippen LogP contribution is 2.38. The van der Waals surface area contributed by atoms with Crippen LogP contribution >= 0.6 is 0 Å². The molecule has 0 bridgehead atoms. The Balaban J connectivity index is 1.17. The second kappa shape index (κ2) is 7.18. The number of fused-ring (bicyclic) bond motifs is 4. The van der Waals surface area contributed by atoms with Gasteiger partial charge in [0.25, 0.3) is 0 Å². The second-order valence-electron chi connectivity index (χ2n) is 8.00. The highest BCUT2D eigenvalue weighted by Gasteiger charge is 2.26. The van der Waals surface area contributed by atoms with Gasteiger partial charge in [-0.2, -0.15) is 0 Å². The fourth-order valence-corrected chi connectivity index (χ4v) is 4.56. The third kappa shape index (κ3) is 3.02. The number of hydrogen-bond donors (Lipinski definition) is 1. The molecule has 5 heteroatoms. The minimum absolute atomic E-state index is 0.0198. The smallest absolute Gasteiger partial charge is 0.171 e. The van der Waals surface area contributed by atoms with Gasteiger partial charge in [-0.25, -0.2) is 0 Å². The van der Waals surface area contributed by atoms with E-state index in [9.17, 15) is 0 Å². The topological polar surface area (TPSA) is 50.4 Å². The highest BCUT2D eigenvalue weighted by atomic mass is 16.6. The van der Waals surface area contributed by atoms with E-state index < -0.39 is 0 Å². The number of para-hydroxylation sites is 1. The van der Waals surface area contributed by atoms with E-state index in [1.807, 2.05) is 24.3 Å². The lowest BCUT2D eigenvalue weighted by molar-refractivity contribution is 0.0632. The minimum Gasteiger partial charge on any atom is -0.486 e. The predicted octanol–water partition coefficient (Wildman–Crippen LogP) is 4.65.